The first-order chi connectivity index (χ1) is 10.3. The van der Waals surface area contributed by atoms with E-state index in [1.54, 1.807) is 0 Å². The van der Waals surface area contributed by atoms with E-state index in [1.165, 1.54) is 27.8 Å². The van der Waals surface area contributed by atoms with E-state index in [2.05, 4.69) is 86.3 Å². The molecule has 102 valence electrons. The van der Waals surface area contributed by atoms with E-state index in [1.807, 2.05) is 6.07 Å². The van der Waals surface area contributed by atoms with E-state index < -0.39 is 0 Å². The van der Waals surface area contributed by atoms with Crippen molar-refractivity contribution in [3.05, 3.63) is 91.0 Å². The SMILES string of the molecule is C=C(C)c1ccccc1-c1cccc(-c2ccccc2)c1. The predicted molar refractivity (Wildman–Crippen MR) is 92.0 cm³/mol. The van der Waals surface area contributed by atoms with E-state index >= 15 is 0 Å². The average molecular weight is 270 g/mol. The second-order valence-corrected chi connectivity index (χ2v) is 5.27. The summed E-state index contributed by atoms with van der Waals surface area (Å²) in [4.78, 5) is 0. The molecule has 3 aromatic rings. The fourth-order valence-electron chi connectivity index (χ4n) is 2.60. The van der Waals surface area contributed by atoms with Gasteiger partial charge in [-0.15, -0.1) is 0 Å². The van der Waals surface area contributed by atoms with Crippen LogP contribution in [-0.4, -0.2) is 0 Å². The molecule has 0 N–H and O–H groups in total. The zero-order valence-corrected chi connectivity index (χ0v) is 12.2. The van der Waals surface area contributed by atoms with Crippen molar-refractivity contribution in [2.24, 2.45) is 0 Å². The number of rotatable bonds is 3. The molecule has 3 rings (SSSR count). The highest BCUT2D eigenvalue weighted by Gasteiger charge is 2.06. The van der Waals surface area contributed by atoms with Crippen LogP contribution in [0.1, 0.15) is 12.5 Å². The fraction of sp³-hybridized carbons (Fsp3) is 0.0476. The van der Waals surface area contributed by atoms with Gasteiger partial charge < -0.3 is 0 Å². The Morgan fingerprint density at radius 1 is 0.667 bits per heavy atom. The Bertz CT molecular complexity index is 767. The first-order valence-corrected chi connectivity index (χ1v) is 7.16. The van der Waals surface area contributed by atoms with Gasteiger partial charge in [-0.2, -0.15) is 0 Å². The molecule has 0 nitrogen and oxygen atoms in total. The third-order valence-electron chi connectivity index (χ3n) is 3.67. The Hall–Kier alpha value is -2.60. The minimum absolute atomic E-state index is 1.09. The second kappa shape index (κ2) is 5.80. The Kier molecular flexibility index (Phi) is 3.70. The van der Waals surface area contributed by atoms with Crippen LogP contribution in [-0.2, 0) is 0 Å². The van der Waals surface area contributed by atoms with Crippen molar-refractivity contribution in [3.63, 3.8) is 0 Å². The maximum absolute atomic E-state index is 4.09. The quantitative estimate of drug-likeness (QED) is 0.543. The summed E-state index contributed by atoms with van der Waals surface area (Å²) in [7, 11) is 0. The molecule has 3 aromatic carbocycles. The Morgan fingerprint density at radius 2 is 1.29 bits per heavy atom. The van der Waals surface area contributed by atoms with Gasteiger partial charge in [-0.25, -0.2) is 0 Å². The van der Waals surface area contributed by atoms with Crippen LogP contribution in [0.5, 0.6) is 0 Å². The topological polar surface area (TPSA) is 0 Å². The van der Waals surface area contributed by atoms with Crippen LogP contribution in [0.15, 0.2) is 85.4 Å². The highest BCUT2D eigenvalue weighted by molar-refractivity contribution is 5.82. The molecule has 0 aromatic heterocycles. The monoisotopic (exact) mass is 270 g/mol. The van der Waals surface area contributed by atoms with Crippen molar-refractivity contribution in [1.82, 2.24) is 0 Å². The molecule has 0 fully saturated rings. The van der Waals surface area contributed by atoms with Crippen molar-refractivity contribution in [2.75, 3.05) is 0 Å². The average Bonchev–Trinajstić information content (AvgIpc) is 2.56. The van der Waals surface area contributed by atoms with Gasteiger partial charge in [0.2, 0.25) is 0 Å². The lowest BCUT2D eigenvalue weighted by Crippen LogP contribution is -1.87. The molecule has 0 heterocycles. The lowest BCUT2D eigenvalue weighted by Gasteiger charge is -2.11. The van der Waals surface area contributed by atoms with Gasteiger partial charge in [-0.05, 0) is 40.8 Å². The third-order valence-corrected chi connectivity index (χ3v) is 3.67. The van der Waals surface area contributed by atoms with Crippen LogP contribution >= 0.6 is 0 Å². The lowest BCUT2D eigenvalue weighted by molar-refractivity contribution is 1.54. The zero-order chi connectivity index (χ0) is 14.7. The first kappa shape index (κ1) is 13.4. The molecule has 0 heteroatoms. The van der Waals surface area contributed by atoms with E-state index in [0.717, 1.165) is 5.57 Å². The summed E-state index contributed by atoms with van der Waals surface area (Å²) in [6.07, 6.45) is 0. The highest BCUT2D eigenvalue weighted by atomic mass is 14.1. The summed E-state index contributed by atoms with van der Waals surface area (Å²) >= 11 is 0. The van der Waals surface area contributed by atoms with Gasteiger partial charge in [0.05, 0.1) is 0 Å². The summed E-state index contributed by atoms with van der Waals surface area (Å²) in [5.74, 6) is 0. The Morgan fingerprint density at radius 3 is 2.05 bits per heavy atom. The molecule has 0 aliphatic carbocycles. The second-order valence-electron chi connectivity index (χ2n) is 5.27. The molecule has 21 heavy (non-hydrogen) atoms. The van der Waals surface area contributed by atoms with Crippen LogP contribution in [0.25, 0.3) is 27.8 Å². The van der Waals surface area contributed by atoms with Gasteiger partial charge in [-0.3, -0.25) is 0 Å². The summed E-state index contributed by atoms with van der Waals surface area (Å²) in [6, 6.07) is 27.6. The molecule has 0 amide bonds. The lowest BCUT2D eigenvalue weighted by atomic mass is 9.93. The van der Waals surface area contributed by atoms with Gasteiger partial charge in [-0.1, -0.05) is 84.9 Å². The van der Waals surface area contributed by atoms with Crippen molar-refractivity contribution < 1.29 is 0 Å². The van der Waals surface area contributed by atoms with Crippen LogP contribution in [0.4, 0.5) is 0 Å². The first-order valence-electron chi connectivity index (χ1n) is 7.16. The van der Waals surface area contributed by atoms with Gasteiger partial charge in [0.25, 0.3) is 0 Å². The van der Waals surface area contributed by atoms with Crippen molar-refractivity contribution in [2.45, 2.75) is 6.92 Å². The minimum atomic E-state index is 1.09. The molecular formula is C21H18. The summed E-state index contributed by atoms with van der Waals surface area (Å²) in [5, 5.41) is 0. The normalized spacial score (nSPS) is 10.3. The number of allylic oxidation sites excluding steroid dienone is 1. The van der Waals surface area contributed by atoms with Gasteiger partial charge in [0.15, 0.2) is 0 Å². The van der Waals surface area contributed by atoms with Crippen molar-refractivity contribution in [3.8, 4) is 22.3 Å². The van der Waals surface area contributed by atoms with Crippen molar-refractivity contribution in [1.29, 1.82) is 0 Å². The maximum atomic E-state index is 4.09. The zero-order valence-electron chi connectivity index (χ0n) is 12.2. The smallest absolute Gasteiger partial charge is 0.0109 e. The Balaban J connectivity index is 2.11. The Labute approximate surface area is 126 Å². The molecule has 0 spiro atoms. The highest BCUT2D eigenvalue weighted by Crippen LogP contribution is 2.31. The molecule has 0 bridgehead atoms. The summed E-state index contributed by atoms with van der Waals surface area (Å²) in [5.41, 5.74) is 7.26. The largest absolute Gasteiger partial charge is 0.0955 e. The maximum Gasteiger partial charge on any atom is -0.0109 e. The standard InChI is InChI=1S/C21H18/c1-16(2)20-13-6-7-14-21(20)19-12-8-11-18(15-19)17-9-4-3-5-10-17/h3-15H,1H2,2H3. The van der Waals surface area contributed by atoms with Gasteiger partial charge in [0, 0.05) is 0 Å². The van der Waals surface area contributed by atoms with Crippen molar-refractivity contribution >= 4 is 5.57 Å². The molecule has 0 saturated carbocycles. The molecule has 0 aliphatic heterocycles. The van der Waals surface area contributed by atoms with E-state index in [9.17, 15) is 0 Å². The summed E-state index contributed by atoms with van der Waals surface area (Å²) < 4.78 is 0. The van der Waals surface area contributed by atoms with Crippen LogP contribution in [0, 0.1) is 0 Å². The van der Waals surface area contributed by atoms with Crippen LogP contribution < -0.4 is 0 Å². The van der Waals surface area contributed by atoms with Crippen LogP contribution in [0.2, 0.25) is 0 Å². The molecule has 0 atom stereocenters. The van der Waals surface area contributed by atoms with E-state index in [0.29, 0.717) is 0 Å². The molecule has 0 aliphatic rings. The number of hydrogen-bond acceptors (Lipinski definition) is 0. The van der Waals surface area contributed by atoms with E-state index in [-0.39, 0.29) is 0 Å². The number of benzene rings is 3. The minimum Gasteiger partial charge on any atom is -0.0955 e. The fourth-order valence-corrected chi connectivity index (χ4v) is 2.60. The molecule has 0 radical (unpaired) electrons. The number of hydrogen-bond donors (Lipinski definition) is 0. The summed E-state index contributed by atoms with van der Waals surface area (Å²) in [6.45, 7) is 6.15. The molecule has 0 unspecified atom stereocenters. The molecule has 0 saturated heterocycles. The van der Waals surface area contributed by atoms with Crippen LogP contribution in [0.3, 0.4) is 0 Å². The molecular weight excluding hydrogens is 252 g/mol. The van der Waals surface area contributed by atoms with E-state index in [4.69, 9.17) is 0 Å². The third kappa shape index (κ3) is 2.80. The van der Waals surface area contributed by atoms with Gasteiger partial charge >= 0.3 is 0 Å². The predicted octanol–water partition coefficient (Wildman–Crippen LogP) is 6.05. The van der Waals surface area contributed by atoms with Gasteiger partial charge in [0.1, 0.15) is 0 Å².